The summed E-state index contributed by atoms with van der Waals surface area (Å²) in [5, 5.41) is 0. The highest BCUT2D eigenvalue weighted by Crippen LogP contribution is 2.03. The van der Waals surface area contributed by atoms with Crippen molar-refractivity contribution in [1.82, 2.24) is 0 Å². The maximum Gasteiger partial charge on any atom is 0.330 e. The highest BCUT2D eigenvalue weighted by atomic mass is 16.7. The minimum atomic E-state index is -0.448. The summed E-state index contributed by atoms with van der Waals surface area (Å²) in [4.78, 5) is 10.7. The van der Waals surface area contributed by atoms with Crippen LogP contribution in [0.15, 0.2) is 43.0 Å². The first-order valence-electron chi connectivity index (χ1n) is 5.78. The van der Waals surface area contributed by atoms with Crippen LogP contribution >= 0.6 is 0 Å². The highest BCUT2D eigenvalue weighted by molar-refractivity contribution is 5.81. The fourth-order valence-electron chi connectivity index (χ4n) is 1.25. The van der Waals surface area contributed by atoms with Gasteiger partial charge in [0.2, 0.25) is 0 Å². The first kappa shape index (κ1) is 14.4. The molecule has 4 nitrogen and oxygen atoms in total. The Morgan fingerprint density at radius 3 is 2.67 bits per heavy atom. The van der Waals surface area contributed by atoms with Crippen LogP contribution in [0.5, 0.6) is 0 Å². The Morgan fingerprint density at radius 2 is 2.00 bits per heavy atom. The van der Waals surface area contributed by atoms with Crippen LogP contribution in [0.4, 0.5) is 0 Å². The largest absolute Gasteiger partial charge is 0.460 e. The Morgan fingerprint density at radius 1 is 1.28 bits per heavy atom. The van der Waals surface area contributed by atoms with Crippen LogP contribution in [0.2, 0.25) is 0 Å². The molecule has 0 aliphatic carbocycles. The third kappa shape index (κ3) is 6.18. The SMILES string of the molecule is C=CC(=O)OCCOC(C)OCc1ccccc1. The molecule has 0 aliphatic heterocycles. The number of benzene rings is 1. The summed E-state index contributed by atoms with van der Waals surface area (Å²) < 4.78 is 15.6. The Bertz CT molecular complexity index is 361. The van der Waals surface area contributed by atoms with Crippen LogP contribution in [0.25, 0.3) is 0 Å². The molecule has 1 aromatic rings. The average Bonchev–Trinajstić information content (AvgIpc) is 2.42. The van der Waals surface area contributed by atoms with E-state index in [-0.39, 0.29) is 12.9 Å². The van der Waals surface area contributed by atoms with Gasteiger partial charge in [-0.25, -0.2) is 4.79 Å². The molecule has 1 unspecified atom stereocenters. The smallest absolute Gasteiger partial charge is 0.330 e. The molecule has 0 bridgehead atoms. The Labute approximate surface area is 107 Å². The Balaban J connectivity index is 2.09. The lowest BCUT2D eigenvalue weighted by Gasteiger charge is -2.14. The van der Waals surface area contributed by atoms with E-state index in [4.69, 9.17) is 14.2 Å². The molecule has 0 aromatic heterocycles. The molecular weight excluding hydrogens is 232 g/mol. The number of hydrogen-bond donors (Lipinski definition) is 0. The molecule has 1 atom stereocenters. The van der Waals surface area contributed by atoms with Crippen molar-refractivity contribution in [3.8, 4) is 0 Å². The summed E-state index contributed by atoms with van der Waals surface area (Å²) in [5.74, 6) is -0.448. The van der Waals surface area contributed by atoms with Gasteiger partial charge in [0.25, 0.3) is 0 Å². The van der Waals surface area contributed by atoms with Crippen molar-refractivity contribution in [2.45, 2.75) is 19.8 Å². The minimum absolute atomic E-state index is 0.198. The fraction of sp³-hybridized carbons (Fsp3) is 0.357. The molecule has 0 heterocycles. The molecule has 0 aliphatic rings. The summed E-state index contributed by atoms with van der Waals surface area (Å²) in [6.45, 7) is 6.10. The van der Waals surface area contributed by atoms with E-state index in [0.29, 0.717) is 13.2 Å². The first-order chi connectivity index (χ1) is 8.72. The molecule has 0 N–H and O–H groups in total. The van der Waals surface area contributed by atoms with Gasteiger partial charge in [-0.2, -0.15) is 0 Å². The molecule has 1 aromatic carbocycles. The maximum atomic E-state index is 10.7. The van der Waals surface area contributed by atoms with Gasteiger partial charge in [-0.3, -0.25) is 0 Å². The lowest BCUT2D eigenvalue weighted by atomic mass is 10.2. The van der Waals surface area contributed by atoms with Crippen LogP contribution < -0.4 is 0 Å². The van der Waals surface area contributed by atoms with Crippen molar-refractivity contribution < 1.29 is 19.0 Å². The average molecular weight is 250 g/mol. The molecule has 98 valence electrons. The van der Waals surface area contributed by atoms with Crippen LogP contribution in [-0.2, 0) is 25.6 Å². The molecule has 0 spiro atoms. The molecule has 4 heteroatoms. The van der Waals surface area contributed by atoms with E-state index in [1.807, 2.05) is 30.3 Å². The maximum absolute atomic E-state index is 10.7. The summed E-state index contributed by atoms with van der Waals surface area (Å²) in [6, 6.07) is 9.84. The summed E-state index contributed by atoms with van der Waals surface area (Å²) >= 11 is 0. The molecule has 0 fully saturated rings. The summed E-state index contributed by atoms with van der Waals surface area (Å²) in [5.41, 5.74) is 1.09. The number of rotatable bonds is 8. The number of carbonyl (C=O) groups is 1. The van der Waals surface area contributed by atoms with Crippen molar-refractivity contribution in [3.63, 3.8) is 0 Å². The normalized spacial score (nSPS) is 11.8. The van der Waals surface area contributed by atoms with Gasteiger partial charge in [0.15, 0.2) is 6.29 Å². The van der Waals surface area contributed by atoms with Gasteiger partial charge >= 0.3 is 5.97 Å². The van der Waals surface area contributed by atoms with E-state index in [0.717, 1.165) is 11.6 Å². The van der Waals surface area contributed by atoms with Gasteiger partial charge in [0, 0.05) is 6.08 Å². The predicted molar refractivity (Wildman–Crippen MR) is 67.8 cm³/mol. The molecular formula is C14H18O4. The lowest BCUT2D eigenvalue weighted by molar-refractivity contribution is -0.156. The van der Waals surface area contributed by atoms with Crippen molar-refractivity contribution in [2.75, 3.05) is 13.2 Å². The highest BCUT2D eigenvalue weighted by Gasteiger charge is 2.03. The standard InChI is InChI=1S/C14H18O4/c1-3-14(15)17-10-9-16-12(2)18-11-13-7-5-4-6-8-13/h3-8,12H,1,9-11H2,2H3. The van der Waals surface area contributed by atoms with Crippen LogP contribution in [0, 0.1) is 0 Å². The second-order valence-corrected chi connectivity index (χ2v) is 3.61. The third-order valence-electron chi connectivity index (χ3n) is 2.17. The van der Waals surface area contributed by atoms with Gasteiger partial charge in [-0.05, 0) is 12.5 Å². The zero-order valence-electron chi connectivity index (χ0n) is 10.5. The molecule has 18 heavy (non-hydrogen) atoms. The van der Waals surface area contributed by atoms with Crippen molar-refractivity contribution in [1.29, 1.82) is 0 Å². The number of carbonyl (C=O) groups excluding carboxylic acids is 1. The zero-order chi connectivity index (χ0) is 13.2. The number of esters is 1. The minimum Gasteiger partial charge on any atom is -0.460 e. The van der Waals surface area contributed by atoms with Crippen molar-refractivity contribution in [3.05, 3.63) is 48.6 Å². The number of hydrogen-bond acceptors (Lipinski definition) is 4. The summed E-state index contributed by atoms with van der Waals surface area (Å²) in [7, 11) is 0. The molecule has 0 amide bonds. The van der Waals surface area contributed by atoms with Gasteiger partial charge in [0.05, 0.1) is 13.2 Å². The summed E-state index contributed by atoms with van der Waals surface area (Å²) in [6.07, 6.45) is 0.780. The third-order valence-corrected chi connectivity index (χ3v) is 2.17. The van der Waals surface area contributed by atoms with E-state index in [1.165, 1.54) is 0 Å². The molecule has 0 saturated carbocycles. The van der Waals surface area contributed by atoms with Gasteiger partial charge < -0.3 is 14.2 Å². The van der Waals surface area contributed by atoms with Gasteiger partial charge in [0.1, 0.15) is 6.61 Å². The van der Waals surface area contributed by atoms with E-state index in [2.05, 4.69) is 6.58 Å². The van der Waals surface area contributed by atoms with Gasteiger partial charge in [-0.1, -0.05) is 36.9 Å². The van der Waals surface area contributed by atoms with E-state index in [1.54, 1.807) is 6.92 Å². The molecule has 0 saturated heterocycles. The van der Waals surface area contributed by atoms with E-state index < -0.39 is 5.97 Å². The molecule has 1 rings (SSSR count). The monoisotopic (exact) mass is 250 g/mol. The van der Waals surface area contributed by atoms with Crippen LogP contribution in [-0.4, -0.2) is 25.5 Å². The van der Waals surface area contributed by atoms with Crippen molar-refractivity contribution in [2.24, 2.45) is 0 Å². The van der Waals surface area contributed by atoms with E-state index >= 15 is 0 Å². The second kappa shape index (κ2) is 8.44. The lowest BCUT2D eigenvalue weighted by Crippen LogP contribution is -2.17. The topological polar surface area (TPSA) is 44.8 Å². The quantitative estimate of drug-likeness (QED) is 0.307. The Kier molecular flexibility index (Phi) is 6.76. The fourth-order valence-corrected chi connectivity index (χ4v) is 1.25. The second-order valence-electron chi connectivity index (χ2n) is 3.61. The van der Waals surface area contributed by atoms with Gasteiger partial charge in [-0.15, -0.1) is 0 Å². The first-order valence-corrected chi connectivity index (χ1v) is 5.78. The van der Waals surface area contributed by atoms with Crippen LogP contribution in [0.3, 0.4) is 0 Å². The zero-order valence-corrected chi connectivity index (χ0v) is 10.5. The van der Waals surface area contributed by atoms with Crippen LogP contribution in [0.1, 0.15) is 12.5 Å². The Hall–Kier alpha value is -1.65. The molecule has 0 radical (unpaired) electrons. The predicted octanol–water partition coefficient (Wildman–Crippen LogP) is 2.29. The number of ether oxygens (including phenoxy) is 3. The van der Waals surface area contributed by atoms with Crippen molar-refractivity contribution >= 4 is 5.97 Å². The van der Waals surface area contributed by atoms with E-state index in [9.17, 15) is 4.79 Å².